The molecule has 2 rings (SSSR count). The van der Waals surface area contributed by atoms with Crippen LogP contribution in [-0.2, 0) is 14.3 Å². The Kier molecular flexibility index (Phi) is 10.7. The maximum absolute atomic E-state index is 13.0. The van der Waals surface area contributed by atoms with Gasteiger partial charge in [-0.3, -0.25) is 14.4 Å². The number of carboxylic acids is 1. The quantitative estimate of drug-likeness (QED) is 0.380. The zero-order chi connectivity index (χ0) is 28.3. The predicted molar refractivity (Wildman–Crippen MR) is 142 cm³/mol. The van der Waals surface area contributed by atoms with Crippen molar-refractivity contribution in [3.63, 3.8) is 0 Å². The highest BCUT2D eigenvalue weighted by Gasteiger charge is 2.21. The van der Waals surface area contributed by atoms with Gasteiger partial charge in [0.1, 0.15) is 12.1 Å². The highest BCUT2D eigenvalue weighted by molar-refractivity contribution is 6.01. The number of carboxylic acid groups (broad SMARTS) is 1. The zero-order valence-electron chi connectivity index (χ0n) is 22.2. The van der Waals surface area contributed by atoms with Gasteiger partial charge in [0.2, 0.25) is 5.91 Å². The van der Waals surface area contributed by atoms with E-state index < -0.39 is 42.6 Å². The molecular weight excluding hydrogens is 492 g/mol. The van der Waals surface area contributed by atoms with Crippen LogP contribution in [0.5, 0.6) is 0 Å². The lowest BCUT2D eigenvalue weighted by Crippen LogP contribution is -2.46. The number of nitrogens with zero attached hydrogens (tertiary/aromatic N) is 4. The van der Waals surface area contributed by atoms with E-state index in [-0.39, 0.29) is 18.7 Å². The van der Waals surface area contributed by atoms with Crippen molar-refractivity contribution in [3.05, 3.63) is 54.1 Å². The van der Waals surface area contributed by atoms with Crippen molar-refractivity contribution < 1.29 is 29.0 Å². The molecule has 0 saturated carbocycles. The number of rotatable bonds is 11. The first-order chi connectivity index (χ1) is 17.9. The van der Waals surface area contributed by atoms with E-state index in [0.29, 0.717) is 11.4 Å². The Balaban J connectivity index is 2.10. The number of benzene rings is 2. The Morgan fingerprint density at radius 3 is 2.26 bits per heavy atom. The fraction of sp³-hybridized carbons (Fsp3) is 0.385. The van der Waals surface area contributed by atoms with E-state index in [1.807, 2.05) is 37.2 Å². The van der Waals surface area contributed by atoms with Crippen LogP contribution in [0, 0.1) is 0 Å². The number of amides is 3. The van der Waals surface area contributed by atoms with Gasteiger partial charge in [0, 0.05) is 32.9 Å². The van der Waals surface area contributed by atoms with E-state index >= 15 is 0 Å². The van der Waals surface area contributed by atoms with Crippen molar-refractivity contribution in [3.8, 4) is 0 Å². The summed E-state index contributed by atoms with van der Waals surface area (Å²) in [5.41, 5.74) is 1.14. The van der Waals surface area contributed by atoms with E-state index in [1.165, 1.54) is 0 Å². The molecule has 0 radical (unpaired) electrons. The van der Waals surface area contributed by atoms with Crippen LogP contribution in [0.25, 0.3) is 0 Å². The van der Waals surface area contributed by atoms with Crippen LogP contribution in [0.2, 0.25) is 0 Å². The molecule has 0 spiro atoms. The molecule has 0 bridgehead atoms. The van der Waals surface area contributed by atoms with E-state index in [2.05, 4.69) is 20.9 Å². The standard InChI is InChI=1S/C26H34N6O6/c1-26(2,3)38-25(37)27-13-14-32(17-23(34)35)22(33)16-28-24(36)20-15-19(31(4)5)11-12-21(20)30-29-18-9-7-6-8-10-18/h6-12,15H,13-14,16-17H2,1-5H3,(H,27,37)(H,28,36)(H,34,35)/b30-29+. The average molecular weight is 527 g/mol. The molecule has 0 aliphatic carbocycles. The van der Waals surface area contributed by atoms with Crippen LogP contribution in [0.15, 0.2) is 58.8 Å². The van der Waals surface area contributed by atoms with Gasteiger partial charge < -0.3 is 30.3 Å². The van der Waals surface area contributed by atoms with E-state index in [4.69, 9.17) is 4.74 Å². The van der Waals surface area contributed by atoms with Crippen molar-refractivity contribution >= 4 is 40.9 Å². The summed E-state index contributed by atoms with van der Waals surface area (Å²) in [5, 5.41) is 22.6. The van der Waals surface area contributed by atoms with Crippen molar-refractivity contribution in [1.29, 1.82) is 0 Å². The van der Waals surface area contributed by atoms with Crippen LogP contribution in [0.4, 0.5) is 21.9 Å². The Morgan fingerprint density at radius 1 is 0.974 bits per heavy atom. The molecule has 38 heavy (non-hydrogen) atoms. The molecule has 3 amide bonds. The molecule has 0 aromatic heterocycles. The second-order valence-electron chi connectivity index (χ2n) is 9.45. The first kappa shape index (κ1) is 29.7. The molecular formula is C26H34N6O6. The molecule has 0 atom stereocenters. The highest BCUT2D eigenvalue weighted by atomic mass is 16.6. The van der Waals surface area contributed by atoms with Crippen LogP contribution in [0.1, 0.15) is 31.1 Å². The largest absolute Gasteiger partial charge is 0.480 e. The molecule has 3 N–H and O–H groups in total. The summed E-state index contributed by atoms with van der Waals surface area (Å²) in [7, 11) is 3.64. The number of aliphatic carboxylic acids is 1. The second-order valence-corrected chi connectivity index (χ2v) is 9.45. The van der Waals surface area contributed by atoms with Gasteiger partial charge in [-0.25, -0.2) is 4.79 Å². The lowest BCUT2D eigenvalue weighted by Gasteiger charge is -2.23. The Bertz CT molecular complexity index is 1160. The number of carbonyl (C=O) groups is 4. The maximum Gasteiger partial charge on any atom is 0.407 e. The summed E-state index contributed by atoms with van der Waals surface area (Å²) in [4.78, 5) is 51.7. The number of carbonyl (C=O) groups excluding carboxylic acids is 3. The molecule has 0 saturated heterocycles. The van der Waals surface area contributed by atoms with Crippen LogP contribution in [0.3, 0.4) is 0 Å². The monoisotopic (exact) mass is 526 g/mol. The molecule has 0 heterocycles. The van der Waals surface area contributed by atoms with E-state index in [9.17, 15) is 24.3 Å². The summed E-state index contributed by atoms with van der Waals surface area (Å²) >= 11 is 0. The molecule has 0 aliphatic heterocycles. The second kappa shape index (κ2) is 13.7. The molecule has 0 fully saturated rings. The Morgan fingerprint density at radius 2 is 1.66 bits per heavy atom. The molecule has 204 valence electrons. The van der Waals surface area contributed by atoms with E-state index in [0.717, 1.165) is 10.6 Å². The lowest BCUT2D eigenvalue weighted by molar-refractivity contribution is -0.144. The Labute approximate surface area is 221 Å². The Hall–Kier alpha value is -4.48. The predicted octanol–water partition coefficient (Wildman–Crippen LogP) is 3.34. The topological polar surface area (TPSA) is 153 Å². The number of alkyl carbamates (subject to hydrolysis) is 1. The summed E-state index contributed by atoms with van der Waals surface area (Å²) in [6.07, 6.45) is -0.688. The molecule has 2 aromatic rings. The van der Waals surface area contributed by atoms with Gasteiger partial charge in [-0.2, -0.15) is 5.11 Å². The van der Waals surface area contributed by atoms with Crippen molar-refractivity contribution in [2.24, 2.45) is 10.2 Å². The van der Waals surface area contributed by atoms with Gasteiger partial charge in [-0.15, -0.1) is 5.11 Å². The van der Waals surface area contributed by atoms with Crippen molar-refractivity contribution in [2.45, 2.75) is 26.4 Å². The molecule has 12 nitrogen and oxygen atoms in total. The summed E-state index contributed by atoms with van der Waals surface area (Å²) < 4.78 is 5.13. The highest BCUT2D eigenvalue weighted by Crippen LogP contribution is 2.26. The van der Waals surface area contributed by atoms with Gasteiger partial charge in [0.25, 0.3) is 5.91 Å². The van der Waals surface area contributed by atoms with Gasteiger partial charge in [0.05, 0.1) is 23.5 Å². The first-order valence-electron chi connectivity index (χ1n) is 11.9. The zero-order valence-corrected chi connectivity index (χ0v) is 22.2. The smallest absolute Gasteiger partial charge is 0.407 e. The van der Waals surface area contributed by atoms with Crippen LogP contribution >= 0.6 is 0 Å². The van der Waals surface area contributed by atoms with Gasteiger partial charge in [0.15, 0.2) is 0 Å². The SMILES string of the molecule is CN(C)c1ccc(/N=N/c2ccccc2)c(C(=O)NCC(=O)N(CCNC(=O)OC(C)(C)C)CC(=O)O)c1. The lowest BCUT2D eigenvalue weighted by atomic mass is 10.1. The fourth-order valence-electron chi connectivity index (χ4n) is 3.10. The summed E-state index contributed by atoms with van der Waals surface area (Å²) in [6.45, 7) is 3.94. The number of azo groups is 1. The molecule has 0 unspecified atom stereocenters. The minimum Gasteiger partial charge on any atom is -0.480 e. The fourth-order valence-corrected chi connectivity index (χ4v) is 3.10. The normalized spacial score (nSPS) is 11.1. The molecule has 12 heteroatoms. The summed E-state index contributed by atoms with van der Waals surface area (Å²) in [5.74, 6) is -2.45. The van der Waals surface area contributed by atoms with Crippen molar-refractivity contribution in [2.75, 3.05) is 45.2 Å². The van der Waals surface area contributed by atoms with Crippen LogP contribution < -0.4 is 15.5 Å². The number of nitrogens with one attached hydrogen (secondary N) is 2. The number of hydrogen-bond acceptors (Lipinski definition) is 8. The third-order valence-corrected chi connectivity index (χ3v) is 4.90. The van der Waals surface area contributed by atoms with E-state index in [1.54, 1.807) is 51.1 Å². The van der Waals surface area contributed by atoms with Gasteiger partial charge in [-0.1, -0.05) is 18.2 Å². The number of ether oxygens (including phenoxy) is 1. The minimum absolute atomic E-state index is 0.0310. The third-order valence-electron chi connectivity index (χ3n) is 4.90. The average Bonchev–Trinajstić information content (AvgIpc) is 2.84. The van der Waals surface area contributed by atoms with Crippen molar-refractivity contribution in [1.82, 2.24) is 15.5 Å². The number of anilines is 1. The first-order valence-corrected chi connectivity index (χ1v) is 11.9. The van der Waals surface area contributed by atoms with Crippen LogP contribution in [-0.4, -0.2) is 79.8 Å². The third kappa shape index (κ3) is 10.2. The maximum atomic E-state index is 13.0. The number of hydrogen-bond donors (Lipinski definition) is 3. The molecule has 2 aromatic carbocycles. The van der Waals surface area contributed by atoms with Gasteiger partial charge >= 0.3 is 12.1 Å². The minimum atomic E-state index is -1.23. The van der Waals surface area contributed by atoms with Gasteiger partial charge in [-0.05, 0) is 51.1 Å². The summed E-state index contributed by atoms with van der Waals surface area (Å²) in [6, 6.07) is 14.1. The molecule has 0 aliphatic rings.